The van der Waals surface area contributed by atoms with Crippen molar-refractivity contribution in [1.82, 2.24) is 14.3 Å². The Balaban J connectivity index is 1.61. The highest BCUT2D eigenvalue weighted by Crippen LogP contribution is 2.45. The molecule has 0 spiro atoms. The highest BCUT2D eigenvalue weighted by atomic mass is 127. The molecule has 0 fully saturated rings. The van der Waals surface area contributed by atoms with Gasteiger partial charge in [-0.2, -0.15) is 4.37 Å². The number of nitrogens with one attached hydrogen (secondary N) is 2. The predicted molar refractivity (Wildman–Crippen MR) is 173 cm³/mol. The second-order valence-corrected chi connectivity index (χ2v) is 12.2. The van der Waals surface area contributed by atoms with Crippen molar-refractivity contribution >= 4 is 78.9 Å². The van der Waals surface area contributed by atoms with Crippen LogP contribution in [0.1, 0.15) is 28.7 Å². The number of nitrogens with two attached hydrogens (primary N) is 1. The summed E-state index contributed by atoms with van der Waals surface area (Å²) in [5.41, 5.74) is 7.92. The van der Waals surface area contributed by atoms with Crippen LogP contribution < -0.4 is 21.3 Å². The van der Waals surface area contributed by atoms with Crippen LogP contribution in [0, 0.1) is 5.82 Å². The Morgan fingerprint density at radius 1 is 1.36 bits per heavy atom. The van der Waals surface area contributed by atoms with E-state index in [4.69, 9.17) is 26.8 Å². The van der Waals surface area contributed by atoms with E-state index >= 15 is 4.39 Å². The molecule has 0 unspecified atom stereocenters. The molecule has 9 nitrogen and oxygen atoms in total. The second-order valence-electron chi connectivity index (χ2n) is 9.94. The summed E-state index contributed by atoms with van der Waals surface area (Å²) in [6, 6.07) is 8.27. The van der Waals surface area contributed by atoms with E-state index in [-0.39, 0.29) is 40.2 Å². The lowest BCUT2D eigenvalue weighted by atomic mass is 9.93. The van der Waals surface area contributed by atoms with Gasteiger partial charge in [0.25, 0.3) is 5.56 Å². The van der Waals surface area contributed by atoms with Gasteiger partial charge in [-0.25, -0.2) is 9.18 Å². The summed E-state index contributed by atoms with van der Waals surface area (Å²) in [5.74, 6) is -0.372. The summed E-state index contributed by atoms with van der Waals surface area (Å²) in [6.45, 7) is 1.40. The van der Waals surface area contributed by atoms with Gasteiger partial charge in [-0.05, 0) is 90.5 Å². The molecule has 0 saturated carbocycles. The number of halogens is 3. The topological polar surface area (TPSA) is 123 Å². The molecule has 42 heavy (non-hydrogen) atoms. The fourth-order valence-corrected chi connectivity index (χ4v) is 6.48. The number of aromatic nitrogens is 2. The molecule has 2 aromatic heterocycles. The first kappa shape index (κ1) is 30.3. The molecule has 0 saturated heterocycles. The van der Waals surface area contributed by atoms with Crippen molar-refractivity contribution in [2.45, 2.75) is 19.4 Å². The third-order valence-corrected chi connectivity index (χ3v) is 8.94. The Morgan fingerprint density at radius 2 is 2.17 bits per heavy atom. The summed E-state index contributed by atoms with van der Waals surface area (Å²) in [6.07, 6.45) is 2.50. The zero-order valence-electron chi connectivity index (χ0n) is 22.9. The molecule has 220 valence electrons. The standard InChI is InChI=1S/C29H28ClFIN5O4S/c1-37(2)8-4-9-41-29(39)25(32)23(17-5-3-7-34-28(17)38)24-21(13-20(31)16-6-10-40-26(16)24)35-14-15-11-18-22(12-19(15)30)42-36-27(18)33/h3,5,7,11-13,35H,4,6,8-10,14H2,1-2H3,(H2,33,36)(H,34,38)/b25-23-. The molecule has 4 aromatic rings. The molecule has 13 heteroatoms. The molecule has 0 aliphatic carbocycles. The average molecular weight is 724 g/mol. The number of carbonyl (C=O) groups is 1. The predicted octanol–water partition coefficient (Wildman–Crippen LogP) is 5.60. The van der Waals surface area contributed by atoms with Crippen molar-refractivity contribution in [1.29, 1.82) is 0 Å². The van der Waals surface area contributed by atoms with E-state index in [1.165, 1.54) is 23.8 Å². The van der Waals surface area contributed by atoms with E-state index in [1.807, 2.05) is 47.7 Å². The molecule has 0 radical (unpaired) electrons. The number of nitrogens with zero attached hydrogens (tertiary/aromatic N) is 2. The number of esters is 1. The van der Waals surface area contributed by atoms with E-state index in [0.717, 1.165) is 16.6 Å². The summed E-state index contributed by atoms with van der Waals surface area (Å²) in [5, 5.41) is 4.54. The number of nitrogen functional groups attached to an aromatic ring is 1. The molecule has 0 bridgehead atoms. The van der Waals surface area contributed by atoms with Crippen molar-refractivity contribution < 1.29 is 18.7 Å². The van der Waals surface area contributed by atoms with Crippen LogP contribution in [0.3, 0.4) is 0 Å². The maximum atomic E-state index is 15.4. The van der Waals surface area contributed by atoms with Gasteiger partial charge in [0.15, 0.2) is 0 Å². The molecule has 5 rings (SSSR count). The van der Waals surface area contributed by atoms with Gasteiger partial charge in [-0.3, -0.25) is 4.79 Å². The molecule has 4 N–H and O–H groups in total. The summed E-state index contributed by atoms with van der Waals surface area (Å²) >= 11 is 9.72. The largest absolute Gasteiger partial charge is 0.492 e. The van der Waals surface area contributed by atoms with Crippen LogP contribution in [0.2, 0.25) is 5.02 Å². The Morgan fingerprint density at radius 3 is 2.93 bits per heavy atom. The van der Waals surface area contributed by atoms with E-state index in [1.54, 1.807) is 18.2 Å². The second kappa shape index (κ2) is 13.0. The molecule has 1 aliphatic rings. The van der Waals surface area contributed by atoms with Crippen molar-refractivity contribution in [3.63, 3.8) is 0 Å². The van der Waals surface area contributed by atoms with E-state index in [0.29, 0.717) is 46.1 Å². The lowest BCUT2D eigenvalue weighted by Gasteiger charge is -2.20. The third-order valence-electron chi connectivity index (χ3n) is 6.78. The molecular formula is C29H28ClFIN5O4S. The number of hydrogen-bond acceptors (Lipinski definition) is 9. The quantitative estimate of drug-likeness (QED) is 0.0838. The summed E-state index contributed by atoms with van der Waals surface area (Å²) in [7, 11) is 3.87. The molecule has 1 aliphatic heterocycles. The SMILES string of the molecule is CN(C)CCCOC(=O)/C(I)=C(/c1c(NCc2cc3c(N)nsc3cc2Cl)cc(F)c2c1OCC2)c1ccc[nH]c1=O. The minimum Gasteiger partial charge on any atom is -0.492 e. The average Bonchev–Trinajstić information content (AvgIpc) is 3.59. The highest BCUT2D eigenvalue weighted by molar-refractivity contribution is 14.1. The van der Waals surface area contributed by atoms with Crippen molar-refractivity contribution in [3.05, 3.63) is 83.6 Å². The number of anilines is 2. The Kier molecular flexibility index (Phi) is 9.35. The number of pyridine rings is 1. The zero-order valence-corrected chi connectivity index (χ0v) is 26.6. The first-order chi connectivity index (χ1) is 20.2. The fraction of sp³-hybridized carbons (Fsp3) is 0.276. The zero-order chi connectivity index (χ0) is 30.0. The van der Waals surface area contributed by atoms with Crippen molar-refractivity contribution in [2.24, 2.45) is 0 Å². The van der Waals surface area contributed by atoms with Gasteiger partial charge in [-0.15, -0.1) is 0 Å². The number of rotatable bonds is 10. The van der Waals surface area contributed by atoms with Crippen LogP contribution in [0.4, 0.5) is 15.9 Å². The molecular weight excluding hydrogens is 696 g/mol. The maximum absolute atomic E-state index is 15.4. The normalized spacial score (nSPS) is 13.2. The van der Waals surface area contributed by atoms with Crippen LogP contribution in [-0.2, 0) is 22.5 Å². The number of carbonyl (C=O) groups excluding carboxylic acids is 1. The van der Waals surface area contributed by atoms with Crippen molar-refractivity contribution in [2.75, 3.05) is 44.9 Å². The molecule has 3 heterocycles. The molecule has 0 atom stereocenters. The van der Waals surface area contributed by atoms with Gasteiger partial charge in [0, 0.05) is 64.1 Å². The molecule has 2 aromatic carbocycles. The number of aromatic amines is 1. The minimum atomic E-state index is -0.594. The first-order valence-electron chi connectivity index (χ1n) is 13.1. The van der Waals surface area contributed by atoms with Gasteiger partial charge in [0.2, 0.25) is 0 Å². The number of hydrogen-bond donors (Lipinski definition) is 3. The van der Waals surface area contributed by atoms with Crippen LogP contribution in [0.5, 0.6) is 5.75 Å². The lowest BCUT2D eigenvalue weighted by Crippen LogP contribution is -2.18. The lowest BCUT2D eigenvalue weighted by molar-refractivity contribution is -0.138. The third kappa shape index (κ3) is 6.26. The molecule has 0 amide bonds. The van der Waals surface area contributed by atoms with E-state index < -0.39 is 17.3 Å². The van der Waals surface area contributed by atoms with Crippen LogP contribution in [0.15, 0.2) is 44.9 Å². The smallest absolute Gasteiger partial charge is 0.345 e. The van der Waals surface area contributed by atoms with Crippen LogP contribution in [0.25, 0.3) is 15.7 Å². The number of H-pyrrole nitrogens is 1. The van der Waals surface area contributed by atoms with Gasteiger partial charge in [0.1, 0.15) is 21.0 Å². The Hall–Kier alpha value is -3.20. The summed E-state index contributed by atoms with van der Waals surface area (Å²) in [4.78, 5) is 31.1. The Labute approximate surface area is 264 Å². The van der Waals surface area contributed by atoms with E-state index in [2.05, 4.69) is 14.7 Å². The van der Waals surface area contributed by atoms with Crippen LogP contribution in [-0.4, -0.2) is 54.1 Å². The monoisotopic (exact) mass is 723 g/mol. The number of fused-ring (bicyclic) bond motifs is 2. The first-order valence-corrected chi connectivity index (χ1v) is 15.3. The number of ether oxygens (including phenoxy) is 2. The Bertz CT molecular complexity index is 1760. The van der Waals surface area contributed by atoms with Gasteiger partial charge in [0.05, 0.1) is 17.9 Å². The maximum Gasteiger partial charge on any atom is 0.345 e. The van der Waals surface area contributed by atoms with Gasteiger partial charge >= 0.3 is 5.97 Å². The number of benzene rings is 2. The van der Waals surface area contributed by atoms with Crippen molar-refractivity contribution in [3.8, 4) is 5.75 Å². The minimum absolute atomic E-state index is 0.165. The van der Waals surface area contributed by atoms with Gasteiger partial charge in [-0.1, -0.05) is 11.6 Å². The fourth-order valence-electron chi connectivity index (χ4n) is 4.74. The highest BCUT2D eigenvalue weighted by Gasteiger charge is 2.31. The van der Waals surface area contributed by atoms with Crippen LogP contribution >= 0.6 is 45.7 Å². The van der Waals surface area contributed by atoms with E-state index in [9.17, 15) is 9.59 Å². The summed E-state index contributed by atoms with van der Waals surface area (Å²) < 4.78 is 32.1. The van der Waals surface area contributed by atoms with Gasteiger partial charge < -0.3 is 30.4 Å².